The van der Waals surface area contributed by atoms with E-state index in [1.54, 1.807) is 0 Å². The second-order valence-corrected chi connectivity index (χ2v) is 3.03. The average molecular weight is 215 g/mol. The quantitative estimate of drug-likeness (QED) is 0.621. The Balaban J connectivity index is 3.21. The molecule has 0 aliphatic rings. The predicted octanol–water partition coefficient (Wildman–Crippen LogP) is 0.926. The Bertz CT molecular complexity index is 141. The molecule has 0 bridgehead atoms. The zero-order valence-corrected chi connectivity index (χ0v) is 8.10. The van der Waals surface area contributed by atoms with Gasteiger partial charge in [-0.3, -0.25) is 0 Å². The van der Waals surface area contributed by atoms with Gasteiger partial charge in [0.2, 0.25) is 0 Å². The minimum Gasteiger partial charge on any atom is -0.389 e. The first kappa shape index (κ1) is 13.7. The van der Waals surface area contributed by atoms with Crippen LogP contribution in [0, 0.1) is 0 Å². The molecule has 0 saturated heterocycles. The van der Waals surface area contributed by atoms with E-state index in [-0.39, 0.29) is 26.1 Å². The van der Waals surface area contributed by atoms with Crippen molar-refractivity contribution in [2.45, 2.75) is 25.1 Å². The summed E-state index contributed by atoms with van der Waals surface area (Å²) in [6.07, 6.45) is -5.51. The molecule has 0 fully saturated rings. The lowest BCUT2D eigenvalue weighted by molar-refractivity contribution is -0.135. The summed E-state index contributed by atoms with van der Waals surface area (Å²) in [5.41, 5.74) is 0. The molecule has 6 heteroatoms. The molecule has 3 nitrogen and oxygen atoms in total. The molecule has 1 atom stereocenters. The largest absolute Gasteiger partial charge is 0.389 e. The number of hydrogen-bond donors (Lipinski definition) is 2. The van der Waals surface area contributed by atoms with Crippen molar-refractivity contribution in [2.24, 2.45) is 0 Å². The van der Waals surface area contributed by atoms with Crippen molar-refractivity contribution >= 4 is 0 Å². The third-order valence-electron chi connectivity index (χ3n) is 1.55. The van der Waals surface area contributed by atoms with Crippen LogP contribution in [-0.2, 0) is 4.74 Å². The Hall–Kier alpha value is -0.330. The lowest BCUT2D eigenvalue weighted by Gasteiger charge is -2.11. The highest BCUT2D eigenvalue weighted by Gasteiger charge is 2.25. The summed E-state index contributed by atoms with van der Waals surface area (Å²) in [6.45, 7) is 0.693. The summed E-state index contributed by atoms with van der Waals surface area (Å²) >= 11 is 0. The van der Waals surface area contributed by atoms with E-state index in [1.807, 2.05) is 0 Å². The molecule has 0 amide bonds. The van der Waals surface area contributed by atoms with Gasteiger partial charge in [0.05, 0.1) is 12.7 Å². The SMILES string of the molecule is COCC(O)CNCCCC(F)(F)F. The van der Waals surface area contributed by atoms with Crippen molar-refractivity contribution in [3.63, 3.8) is 0 Å². The van der Waals surface area contributed by atoms with Crippen LogP contribution in [0.3, 0.4) is 0 Å². The summed E-state index contributed by atoms with van der Waals surface area (Å²) in [6, 6.07) is 0. The third kappa shape index (κ3) is 9.76. The molecule has 0 aromatic carbocycles. The van der Waals surface area contributed by atoms with E-state index < -0.39 is 18.7 Å². The Morgan fingerprint density at radius 1 is 1.43 bits per heavy atom. The molecule has 0 aliphatic carbocycles. The van der Waals surface area contributed by atoms with Gasteiger partial charge in [0, 0.05) is 20.1 Å². The number of aliphatic hydroxyl groups is 1. The Kier molecular flexibility index (Phi) is 6.86. The minimum atomic E-state index is -4.09. The lowest BCUT2D eigenvalue weighted by Crippen LogP contribution is -2.31. The predicted molar refractivity (Wildman–Crippen MR) is 46.0 cm³/mol. The second-order valence-electron chi connectivity index (χ2n) is 3.03. The normalized spacial score (nSPS) is 14.4. The van der Waals surface area contributed by atoms with E-state index in [0.29, 0.717) is 0 Å². The summed E-state index contributed by atoms with van der Waals surface area (Å²) in [5.74, 6) is 0. The van der Waals surface area contributed by atoms with Crippen LogP contribution >= 0.6 is 0 Å². The topological polar surface area (TPSA) is 41.5 Å². The highest BCUT2D eigenvalue weighted by atomic mass is 19.4. The molecule has 14 heavy (non-hydrogen) atoms. The zero-order chi connectivity index (χ0) is 11.0. The zero-order valence-electron chi connectivity index (χ0n) is 8.10. The van der Waals surface area contributed by atoms with Gasteiger partial charge in [-0.1, -0.05) is 0 Å². The maximum Gasteiger partial charge on any atom is 0.389 e. The van der Waals surface area contributed by atoms with Gasteiger partial charge in [-0.25, -0.2) is 0 Å². The highest BCUT2D eigenvalue weighted by Crippen LogP contribution is 2.20. The maximum absolute atomic E-state index is 11.7. The molecule has 2 N–H and O–H groups in total. The molecule has 1 unspecified atom stereocenters. The van der Waals surface area contributed by atoms with Crippen molar-refractivity contribution in [2.75, 3.05) is 26.8 Å². The van der Waals surface area contributed by atoms with Crippen LogP contribution in [-0.4, -0.2) is 44.2 Å². The molecule has 0 spiro atoms. The van der Waals surface area contributed by atoms with Crippen LogP contribution in [0.1, 0.15) is 12.8 Å². The molecular formula is C8H16F3NO2. The number of rotatable bonds is 7. The standard InChI is InChI=1S/C8H16F3NO2/c1-14-6-7(13)5-12-4-2-3-8(9,10)11/h7,12-13H,2-6H2,1H3. The van der Waals surface area contributed by atoms with Gasteiger partial charge in [-0.2, -0.15) is 13.2 Å². The number of hydrogen-bond acceptors (Lipinski definition) is 3. The van der Waals surface area contributed by atoms with Crippen molar-refractivity contribution < 1.29 is 23.0 Å². The fourth-order valence-corrected chi connectivity index (χ4v) is 0.934. The van der Waals surface area contributed by atoms with Gasteiger partial charge in [0.1, 0.15) is 0 Å². The number of halogens is 3. The van der Waals surface area contributed by atoms with E-state index in [9.17, 15) is 13.2 Å². The number of aliphatic hydroxyl groups excluding tert-OH is 1. The van der Waals surface area contributed by atoms with Gasteiger partial charge in [0.25, 0.3) is 0 Å². The van der Waals surface area contributed by atoms with Crippen LogP contribution in [0.4, 0.5) is 13.2 Å². The van der Waals surface area contributed by atoms with Crippen LogP contribution in [0.15, 0.2) is 0 Å². The van der Waals surface area contributed by atoms with E-state index in [2.05, 4.69) is 10.1 Å². The van der Waals surface area contributed by atoms with E-state index in [4.69, 9.17) is 5.11 Å². The number of ether oxygens (including phenoxy) is 1. The summed E-state index contributed by atoms with van der Waals surface area (Å²) < 4.78 is 39.6. The molecule has 0 rings (SSSR count). The molecule has 0 aromatic rings. The summed E-state index contributed by atoms with van der Waals surface area (Å²) in [5, 5.41) is 11.8. The van der Waals surface area contributed by atoms with Gasteiger partial charge in [-0.05, 0) is 13.0 Å². The first-order valence-corrected chi connectivity index (χ1v) is 4.40. The Morgan fingerprint density at radius 2 is 2.07 bits per heavy atom. The first-order chi connectivity index (χ1) is 6.45. The van der Waals surface area contributed by atoms with Crippen molar-refractivity contribution in [1.29, 1.82) is 0 Å². The van der Waals surface area contributed by atoms with Gasteiger partial charge in [0.15, 0.2) is 0 Å². The fourth-order valence-electron chi connectivity index (χ4n) is 0.934. The van der Waals surface area contributed by atoms with E-state index >= 15 is 0 Å². The van der Waals surface area contributed by atoms with E-state index in [0.717, 1.165) is 0 Å². The molecule has 0 aliphatic heterocycles. The number of alkyl halides is 3. The van der Waals surface area contributed by atoms with E-state index in [1.165, 1.54) is 7.11 Å². The second kappa shape index (κ2) is 7.03. The van der Waals surface area contributed by atoms with Crippen LogP contribution in [0.25, 0.3) is 0 Å². The minimum absolute atomic E-state index is 0.0310. The average Bonchev–Trinajstić information content (AvgIpc) is 2.02. The molecule has 0 saturated carbocycles. The van der Waals surface area contributed by atoms with Gasteiger partial charge < -0.3 is 15.2 Å². The Labute approximate surface area is 81.2 Å². The maximum atomic E-state index is 11.7. The summed E-state index contributed by atoms with van der Waals surface area (Å²) in [4.78, 5) is 0. The van der Waals surface area contributed by atoms with Gasteiger partial charge in [-0.15, -0.1) is 0 Å². The highest BCUT2D eigenvalue weighted by molar-refractivity contribution is 4.59. The lowest BCUT2D eigenvalue weighted by atomic mass is 10.3. The van der Waals surface area contributed by atoms with Crippen molar-refractivity contribution in [3.05, 3.63) is 0 Å². The first-order valence-electron chi connectivity index (χ1n) is 4.40. The molecule has 0 radical (unpaired) electrons. The third-order valence-corrected chi connectivity index (χ3v) is 1.55. The van der Waals surface area contributed by atoms with Crippen LogP contribution in [0.2, 0.25) is 0 Å². The van der Waals surface area contributed by atoms with Crippen LogP contribution in [0.5, 0.6) is 0 Å². The van der Waals surface area contributed by atoms with Crippen molar-refractivity contribution in [3.8, 4) is 0 Å². The number of nitrogens with one attached hydrogen (secondary N) is 1. The molecule has 0 heterocycles. The molecular weight excluding hydrogens is 199 g/mol. The smallest absolute Gasteiger partial charge is 0.389 e. The number of methoxy groups -OCH3 is 1. The molecule has 86 valence electrons. The fraction of sp³-hybridized carbons (Fsp3) is 1.00. The van der Waals surface area contributed by atoms with Crippen LogP contribution < -0.4 is 5.32 Å². The van der Waals surface area contributed by atoms with Crippen molar-refractivity contribution in [1.82, 2.24) is 5.32 Å². The summed E-state index contributed by atoms with van der Waals surface area (Å²) in [7, 11) is 1.45. The van der Waals surface area contributed by atoms with Gasteiger partial charge >= 0.3 is 6.18 Å². The molecule has 0 aromatic heterocycles. The Morgan fingerprint density at radius 3 is 2.57 bits per heavy atom. The monoisotopic (exact) mass is 215 g/mol.